The van der Waals surface area contributed by atoms with E-state index in [0.717, 1.165) is 0 Å². The molecule has 1 atom stereocenters. The number of halogens is 4. The van der Waals surface area contributed by atoms with Crippen LogP contribution in [-0.4, -0.2) is 6.54 Å². The van der Waals surface area contributed by atoms with Gasteiger partial charge in [0.2, 0.25) is 0 Å². The van der Waals surface area contributed by atoms with Gasteiger partial charge in [0.15, 0.2) is 11.6 Å². The van der Waals surface area contributed by atoms with Crippen LogP contribution in [-0.2, 0) is 0 Å². The van der Waals surface area contributed by atoms with Crippen LogP contribution in [0, 0.1) is 17.5 Å². The highest BCUT2D eigenvalue weighted by Gasteiger charge is 2.16. The van der Waals surface area contributed by atoms with Crippen LogP contribution in [0.2, 0.25) is 0 Å². The molecule has 13 heavy (non-hydrogen) atoms. The highest BCUT2D eigenvalue weighted by atomic mass is 19.2. The van der Waals surface area contributed by atoms with Crippen LogP contribution in [0.4, 0.5) is 17.6 Å². The lowest BCUT2D eigenvalue weighted by molar-refractivity contribution is 0.337. The van der Waals surface area contributed by atoms with Crippen LogP contribution < -0.4 is 5.73 Å². The van der Waals surface area contributed by atoms with E-state index in [9.17, 15) is 17.6 Å². The van der Waals surface area contributed by atoms with Crippen molar-refractivity contribution in [1.82, 2.24) is 0 Å². The highest BCUT2D eigenvalue weighted by molar-refractivity contribution is 5.22. The molecular formula is C8H7F4N. The van der Waals surface area contributed by atoms with E-state index in [-0.39, 0.29) is 0 Å². The van der Waals surface area contributed by atoms with E-state index in [2.05, 4.69) is 0 Å². The molecule has 0 aliphatic rings. The fourth-order valence-corrected chi connectivity index (χ4v) is 0.905. The summed E-state index contributed by atoms with van der Waals surface area (Å²) in [6, 6.07) is 0.773. The molecule has 1 aromatic rings. The van der Waals surface area contributed by atoms with Crippen molar-refractivity contribution in [3.05, 3.63) is 35.1 Å². The first kappa shape index (κ1) is 9.98. The zero-order chi connectivity index (χ0) is 10.0. The molecule has 1 unspecified atom stereocenters. The predicted molar refractivity (Wildman–Crippen MR) is 39.2 cm³/mol. The molecule has 0 aliphatic carbocycles. The Morgan fingerprint density at radius 3 is 2.15 bits per heavy atom. The zero-order valence-corrected chi connectivity index (χ0v) is 6.53. The van der Waals surface area contributed by atoms with E-state index in [4.69, 9.17) is 5.73 Å². The number of nitrogens with two attached hydrogens (primary N) is 1. The summed E-state index contributed by atoms with van der Waals surface area (Å²) < 4.78 is 50.4. The molecule has 1 aromatic carbocycles. The van der Waals surface area contributed by atoms with Gasteiger partial charge in [0.25, 0.3) is 0 Å². The maximum Gasteiger partial charge on any atom is 0.161 e. The third kappa shape index (κ3) is 1.98. The highest BCUT2D eigenvalue weighted by Crippen LogP contribution is 2.22. The number of benzene rings is 1. The van der Waals surface area contributed by atoms with Crippen LogP contribution >= 0.6 is 0 Å². The minimum atomic E-state index is -1.81. The Bertz CT molecular complexity index is 313. The quantitative estimate of drug-likeness (QED) is 0.564. The summed E-state index contributed by atoms with van der Waals surface area (Å²) >= 11 is 0. The lowest BCUT2D eigenvalue weighted by Crippen LogP contribution is -2.10. The average Bonchev–Trinajstić information content (AvgIpc) is 2.10. The summed E-state index contributed by atoms with van der Waals surface area (Å²) in [5, 5.41) is 0. The zero-order valence-electron chi connectivity index (χ0n) is 6.53. The van der Waals surface area contributed by atoms with Crippen molar-refractivity contribution < 1.29 is 17.6 Å². The topological polar surface area (TPSA) is 26.0 Å². The summed E-state index contributed by atoms with van der Waals surface area (Å²) in [6.07, 6.45) is -1.81. The van der Waals surface area contributed by atoms with Crippen molar-refractivity contribution in [2.45, 2.75) is 6.17 Å². The minimum Gasteiger partial charge on any atom is -0.327 e. The van der Waals surface area contributed by atoms with Crippen molar-refractivity contribution in [2.75, 3.05) is 6.54 Å². The molecule has 0 bridgehead atoms. The predicted octanol–water partition coefficient (Wildman–Crippen LogP) is 2.07. The van der Waals surface area contributed by atoms with Crippen LogP contribution in [0.25, 0.3) is 0 Å². The maximum absolute atomic E-state index is 12.8. The van der Waals surface area contributed by atoms with Gasteiger partial charge < -0.3 is 5.73 Å². The first-order valence-electron chi connectivity index (χ1n) is 3.55. The lowest BCUT2D eigenvalue weighted by atomic mass is 10.1. The van der Waals surface area contributed by atoms with E-state index < -0.39 is 35.7 Å². The third-order valence-corrected chi connectivity index (χ3v) is 1.58. The Morgan fingerprint density at radius 1 is 1.08 bits per heavy atom. The van der Waals surface area contributed by atoms with E-state index >= 15 is 0 Å². The molecule has 0 amide bonds. The largest absolute Gasteiger partial charge is 0.327 e. The molecule has 0 aliphatic heterocycles. The summed E-state index contributed by atoms with van der Waals surface area (Å²) in [5.74, 6) is -3.75. The monoisotopic (exact) mass is 193 g/mol. The fourth-order valence-electron chi connectivity index (χ4n) is 0.905. The Labute approximate surface area is 72.2 Å². The molecule has 0 spiro atoms. The molecule has 0 fully saturated rings. The Hall–Kier alpha value is -1.10. The van der Waals surface area contributed by atoms with Gasteiger partial charge in [-0.1, -0.05) is 0 Å². The normalized spacial score (nSPS) is 13.0. The molecule has 2 N–H and O–H groups in total. The van der Waals surface area contributed by atoms with Gasteiger partial charge >= 0.3 is 0 Å². The summed E-state index contributed by atoms with van der Waals surface area (Å²) in [5.41, 5.74) is 4.35. The molecule has 0 radical (unpaired) electrons. The first-order chi connectivity index (χ1) is 6.06. The van der Waals surface area contributed by atoms with Crippen molar-refractivity contribution in [3.63, 3.8) is 0 Å². The average molecular weight is 193 g/mol. The van der Waals surface area contributed by atoms with Crippen LogP contribution in [0.1, 0.15) is 11.7 Å². The second kappa shape index (κ2) is 3.74. The van der Waals surface area contributed by atoms with E-state index in [0.29, 0.717) is 12.1 Å². The second-order valence-electron chi connectivity index (χ2n) is 2.49. The lowest BCUT2D eigenvalue weighted by Gasteiger charge is -2.06. The third-order valence-electron chi connectivity index (χ3n) is 1.58. The molecule has 72 valence electrons. The molecule has 0 saturated heterocycles. The smallest absolute Gasteiger partial charge is 0.161 e. The molecule has 0 aromatic heterocycles. The van der Waals surface area contributed by atoms with Gasteiger partial charge in [0.05, 0.1) is 0 Å². The Kier molecular flexibility index (Phi) is 2.87. The number of rotatable bonds is 2. The van der Waals surface area contributed by atoms with Gasteiger partial charge in [-0.2, -0.15) is 0 Å². The van der Waals surface area contributed by atoms with Gasteiger partial charge in [-0.05, 0) is 6.07 Å². The van der Waals surface area contributed by atoms with Crippen molar-refractivity contribution >= 4 is 0 Å². The number of hydrogen-bond donors (Lipinski definition) is 1. The molecule has 5 heteroatoms. The van der Waals surface area contributed by atoms with Gasteiger partial charge in [-0.15, -0.1) is 0 Å². The van der Waals surface area contributed by atoms with Gasteiger partial charge in [-0.3, -0.25) is 0 Å². The van der Waals surface area contributed by atoms with Crippen LogP contribution in [0.15, 0.2) is 12.1 Å². The van der Waals surface area contributed by atoms with Crippen molar-refractivity contribution in [2.24, 2.45) is 5.73 Å². The summed E-state index contributed by atoms with van der Waals surface area (Å²) in [7, 11) is 0. The SMILES string of the molecule is NCC(F)c1cc(F)c(F)cc1F. The van der Waals surface area contributed by atoms with E-state index in [1.54, 1.807) is 0 Å². The molecular weight excluding hydrogens is 186 g/mol. The van der Waals surface area contributed by atoms with Gasteiger partial charge in [-0.25, -0.2) is 17.6 Å². The second-order valence-corrected chi connectivity index (χ2v) is 2.49. The summed E-state index contributed by atoms with van der Waals surface area (Å²) in [6.45, 7) is -0.470. The summed E-state index contributed by atoms with van der Waals surface area (Å²) in [4.78, 5) is 0. The number of hydrogen-bond acceptors (Lipinski definition) is 1. The van der Waals surface area contributed by atoms with E-state index in [1.807, 2.05) is 0 Å². The van der Waals surface area contributed by atoms with E-state index in [1.165, 1.54) is 0 Å². The van der Waals surface area contributed by atoms with Gasteiger partial charge in [0, 0.05) is 18.2 Å². The van der Waals surface area contributed by atoms with Crippen molar-refractivity contribution in [3.8, 4) is 0 Å². The molecule has 0 heterocycles. The van der Waals surface area contributed by atoms with Crippen LogP contribution in [0.5, 0.6) is 0 Å². The number of alkyl halides is 1. The molecule has 1 nitrogen and oxygen atoms in total. The molecule has 0 saturated carbocycles. The Morgan fingerprint density at radius 2 is 1.62 bits per heavy atom. The standard InChI is InChI=1S/C8H7F4N/c9-5-2-7(11)6(10)1-4(5)8(12)3-13/h1-2,8H,3,13H2. The van der Waals surface area contributed by atoms with Crippen molar-refractivity contribution in [1.29, 1.82) is 0 Å². The maximum atomic E-state index is 12.8. The van der Waals surface area contributed by atoms with Gasteiger partial charge in [0.1, 0.15) is 12.0 Å². The fraction of sp³-hybridized carbons (Fsp3) is 0.250. The Balaban J connectivity index is 3.15. The molecule has 1 rings (SSSR count). The first-order valence-corrected chi connectivity index (χ1v) is 3.55. The minimum absolute atomic E-state index is 0.299. The van der Waals surface area contributed by atoms with Crippen LogP contribution in [0.3, 0.4) is 0 Å².